The highest BCUT2D eigenvalue weighted by molar-refractivity contribution is 7.99. The molecule has 0 spiro atoms. The highest BCUT2D eigenvalue weighted by atomic mass is 32.2. The number of benzene rings is 2. The number of fused-ring (bicyclic) bond motifs is 2. The van der Waals surface area contributed by atoms with Crippen molar-refractivity contribution in [3.05, 3.63) is 54.2 Å². The minimum atomic E-state index is -0.606. The smallest absolute Gasteiger partial charge is 0.359 e. The largest absolute Gasteiger partial charge is 0.451 e. The molecule has 1 N–H and O–H groups in total. The van der Waals surface area contributed by atoms with Gasteiger partial charge in [-0.3, -0.25) is 9.89 Å². The van der Waals surface area contributed by atoms with Crippen LogP contribution in [0.3, 0.4) is 0 Å². The van der Waals surface area contributed by atoms with Crippen LogP contribution in [0.4, 0.5) is 5.69 Å². The fourth-order valence-electron chi connectivity index (χ4n) is 2.82. The van der Waals surface area contributed by atoms with E-state index < -0.39 is 5.97 Å². The van der Waals surface area contributed by atoms with Gasteiger partial charge in [0.1, 0.15) is 0 Å². The number of H-pyrrole nitrogens is 1. The van der Waals surface area contributed by atoms with Crippen molar-refractivity contribution in [2.75, 3.05) is 23.8 Å². The van der Waals surface area contributed by atoms with Gasteiger partial charge < -0.3 is 9.64 Å². The molecule has 3 aromatic rings. The van der Waals surface area contributed by atoms with E-state index in [0.29, 0.717) is 11.9 Å². The molecule has 1 aliphatic heterocycles. The number of anilines is 1. The number of nitrogens with one attached hydrogen (secondary N) is 1. The van der Waals surface area contributed by atoms with Crippen molar-refractivity contribution in [1.29, 1.82) is 0 Å². The molecule has 0 bridgehead atoms. The Morgan fingerprint density at radius 2 is 1.96 bits per heavy atom. The lowest BCUT2D eigenvalue weighted by Gasteiger charge is -2.28. The molecule has 1 amide bonds. The van der Waals surface area contributed by atoms with Crippen LogP contribution in [-0.2, 0) is 9.53 Å². The molecule has 0 atom stereocenters. The topological polar surface area (TPSA) is 75.3 Å². The highest BCUT2D eigenvalue weighted by Gasteiger charge is 2.24. The number of carbonyl (C=O) groups excluding carboxylic acids is 2. The second kappa shape index (κ2) is 6.60. The van der Waals surface area contributed by atoms with Crippen molar-refractivity contribution in [2.24, 2.45) is 0 Å². The molecular formula is C18H15N3O3S. The molecule has 0 aliphatic carbocycles. The van der Waals surface area contributed by atoms with Gasteiger partial charge in [0, 0.05) is 22.6 Å². The number of ether oxygens (including phenoxy) is 1. The first kappa shape index (κ1) is 15.7. The number of aromatic nitrogens is 2. The van der Waals surface area contributed by atoms with E-state index in [-0.39, 0.29) is 18.2 Å². The standard InChI is InChI=1S/C18H15N3O3S/c22-16(21-9-10-25-15-8-4-3-7-14(15)21)11-24-18(23)17-12-5-1-2-6-13(12)19-20-17/h1-8H,9-11H2,(H,19,20). The predicted molar refractivity (Wildman–Crippen MR) is 95.9 cm³/mol. The molecule has 1 aliphatic rings. The number of carbonyl (C=O) groups is 2. The van der Waals surface area contributed by atoms with Crippen molar-refractivity contribution < 1.29 is 14.3 Å². The molecule has 2 aromatic carbocycles. The van der Waals surface area contributed by atoms with Crippen LogP contribution >= 0.6 is 11.8 Å². The Morgan fingerprint density at radius 3 is 2.88 bits per heavy atom. The quantitative estimate of drug-likeness (QED) is 0.733. The number of hydrogen-bond acceptors (Lipinski definition) is 5. The van der Waals surface area contributed by atoms with Crippen LogP contribution in [0.25, 0.3) is 10.9 Å². The molecule has 25 heavy (non-hydrogen) atoms. The average molecular weight is 353 g/mol. The van der Waals surface area contributed by atoms with Crippen molar-refractivity contribution >= 4 is 40.2 Å². The lowest BCUT2D eigenvalue weighted by molar-refractivity contribution is -0.121. The SMILES string of the molecule is O=C(OCC(=O)N1CCSc2ccccc21)c1n[nH]c2ccccc12. The van der Waals surface area contributed by atoms with Gasteiger partial charge in [-0.15, -0.1) is 11.8 Å². The molecule has 2 heterocycles. The Balaban J connectivity index is 1.47. The number of rotatable bonds is 3. The summed E-state index contributed by atoms with van der Waals surface area (Å²) in [6.45, 7) is 0.294. The molecule has 126 valence electrons. The first-order chi connectivity index (χ1) is 12.2. The maximum Gasteiger partial charge on any atom is 0.359 e. The van der Waals surface area contributed by atoms with Gasteiger partial charge >= 0.3 is 5.97 Å². The molecule has 4 rings (SSSR count). The average Bonchev–Trinajstić information content (AvgIpc) is 3.09. The van der Waals surface area contributed by atoms with Gasteiger partial charge in [0.25, 0.3) is 5.91 Å². The summed E-state index contributed by atoms with van der Waals surface area (Å²) in [6.07, 6.45) is 0. The lowest BCUT2D eigenvalue weighted by Crippen LogP contribution is -2.38. The van der Waals surface area contributed by atoms with Gasteiger partial charge in [0.15, 0.2) is 12.3 Å². The van der Waals surface area contributed by atoms with Crippen molar-refractivity contribution in [3.8, 4) is 0 Å². The Hall–Kier alpha value is -2.80. The lowest BCUT2D eigenvalue weighted by atomic mass is 10.2. The van der Waals surface area contributed by atoms with E-state index in [9.17, 15) is 9.59 Å². The Kier molecular flexibility index (Phi) is 4.15. The third kappa shape index (κ3) is 2.98. The van der Waals surface area contributed by atoms with Crippen molar-refractivity contribution in [3.63, 3.8) is 0 Å². The molecule has 6 nitrogen and oxygen atoms in total. The molecule has 0 radical (unpaired) electrons. The first-order valence-electron chi connectivity index (χ1n) is 7.86. The fraction of sp³-hybridized carbons (Fsp3) is 0.167. The van der Waals surface area contributed by atoms with Gasteiger partial charge in [0.2, 0.25) is 0 Å². The number of esters is 1. The Morgan fingerprint density at radius 1 is 1.16 bits per heavy atom. The number of para-hydroxylation sites is 2. The number of nitrogens with zero attached hydrogens (tertiary/aromatic N) is 2. The van der Waals surface area contributed by atoms with Crippen molar-refractivity contribution in [2.45, 2.75) is 4.90 Å². The van der Waals surface area contributed by atoms with E-state index in [4.69, 9.17) is 4.74 Å². The second-order valence-corrected chi connectivity index (χ2v) is 6.69. The van der Waals surface area contributed by atoms with Gasteiger partial charge in [0.05, 0.1) is 11.2 Å². The normalized spacial score (nSPS) is 13.5. The molecule has 0 saturated carbocycles. The third-order valence-electron chi connectivity index (χ3n) is 4.02. The zero-order valence-electron chi connectivity index (χ0n) is 13.3. The van der Waals surface area contributed by atoms with Crippen LogP contribution in [0, 0.1) is 0 Å². The zero-order valence-corrected chi connectivity index (χ0v) is 14.1. The summed E-state index contributed by atoms with van der Waals surface area (Å²) >= 11 is 1.72. The van der Waals surface area contributed by atoms with E-state index in [1.165, 1.54) is 0 Å². The summed E-state index contributed by atoms with van der Waals surface area (Å²) in [5.74, 6) is -0.0211. The number of hydrogen-bond donors (Lipinski definition) is 1. The predicted octanol–water partition coefficient (Wildman–Crippen LogP) is 2.86. The second-order valence-electron chi connectivity index (χ2n) is 5.56. The van der Waals surface area contributed by atoms with E-state index in [0.717, 1.165) is 21.9 Å². The summed E-state index contributed by atoms with van der Waals surface area (Å²) in [6, 6.07) is 15.0. The van der Waals surface area contributed by atoms with Crippen LogP contribution in [-0.4, -0.2) is 41.0 Å². The minimum Gasteiger partial charge on any atom is -0.451 e. The van der Waals surface area contributed by atoms with E-state index in [2.05, 4.69) is 10.2 Å². The van der Waals surface area contributed by atoms with Crippen molar-refractivity contribution in [1.82, 2.24) is 10.2 Å². The summed E-state index contributed by atoms with van der Waals surface area (Å²) in [5.41, 5.74) is 1.81. The highest BCUT2D eigenvalue weighted by Crippen LogP contribution is 2.34. The van der Waals surface area contributed by atoms with Crippen LogP contribution in [0.1, 0.15) is 10.5 Å². The summed E-state index contributed by atoms with van der Waals surface area (Å²) in [5, 5.41) is 7.46. The molecule has 0 saturated heterocycles. The fourth-order valence-corrected chi connectivity index (χ4v) is 3.82. The van der Waals surface area contributed by atoms with Crippen LogP contribution in [0.2, 0.25) is 0 Å². The van der Waals surface area contributed by atoms with E-state index >= 15 is 0 Å². The zero-order chi connectivity index (χ0) is 17.2. The maximum absolute atomic E-state index is 12.5. The van der Waals surface area contributed by atoms with Gasteiger partial charge in [-0.05, 0) is 18.2 Å². The summed E-state index contributed by atoms with van der Waals surface area (Å²) in [7, 11) is 0. The maximum atomic E-state index is 12.5. The molecule has 7 heteroatoms. The van der Waals surface area contributed by atoms with Crippen LogP contribution in [0.5, 0.6) is 0 Å². The third-order valence-corrected chi connectivity index (χ3v) is 5.06. The van der Waals surface area contributed by atoms with Gasteiger partial charge in [-0.25, -0.2) is 4.79 Å². The number of aromatic amines is 1. The van der Waals surface area contributed by atoms with Gasteiger partial charge in [-0.2, -0.15) is 5.10 Å². The first-order valence-corrected chi connectivity index (χ1v) is 8.85. The molecular weight excluding hydrogens is 338 g/mol. The number of amides is 1. The van der Waals surface area contributed by atoms with Gasteiger partial charge in [-0.1, -0.05) is 30.3 Å². The molecule has 0 unspecified atom stereocenters. The van der Waals surface area contributed by atoms with E-state index in [1.807, 2.05) is 42.5 Å². The minimum absolute atomic E-state index is 0.193. The van der Waals surface area contributed by atoms with Crippen LogP contribution < -0.4 is 4.90 Å². The van der Waals surface area contributed by atoms with E-state index in [1.54, 1.807) is 22.7 Å². The Labute approximate surface area is 148 Å². The summed E-state index contributed by atoms with van der Waals surface area (Å²) in [4.78, 5) is 27.5. The molecule has 1 aromatic heterocycles. The summed E-state index contributed by atoms with van der Waals surface area (Å²) < 4.78 is 5.21. The number of thioether (sulfide) groups is 1. The molecule has 0 fully saturated rings. The van der Waals surface area contributed by atoms with Crippen LogP contribution in [0.15, 0.2) is 53.4 Å². The Bertz CT molecular complexity index is 953. The monoisotopic (exact) mass is 353 g/mol.